The van der Waals surface area contributed by atoms with Gasteiger partial charge in [-0.1, -0.05) is 0 Å². The fraction of sp³-hybridized carbons (Fsp3) is 0.444. The van der Waals surface area contributed by atoms with Crippen molar-refractivity contribution in [1.29, 1.82) is 0 Å². The molecule has 0 aliphatic carbocycles. The third kappa shape index (κ3) is 0.932. The molecular formula is C9H10O3. The van der Waals surface area contributed by atoms with Crippen LogP contribution in [0.1, 0.15) is 28.6 Å². The van der Waals surface area contributed by atoms with Gasteiger partial charge in [-0.25, -0.2) is 4.79 Å². The fourth-order valence-electron chi connectivity index (χ4n) is 1.47. The third-order valence-corrected chi connectivity index (χ3v) is 2.04. The lowest BCUT2D eigenvalue weighted by Crippen LogP contribution is -2.24. The summed E-state index contributed by atoms with van der Waals surface area (Å²) in [5.41, 5.74) is 1.48. The molecule has 0 bridgehead atoms. The molecule has 2 rings (SSSR count). The largest absolute Gasteiger partial charge is 0.468 e. The molecule has 0 fully saturated rings. The second kappa shape index (κ2) is 2.37. The number of hydrogen-bond donors (Lipinski definition) is 0. The highest BCUT2D eigenvalue weighted by Crippen LogP contribution is 2.24. The second-order valence-corrected chi connectivity index (χ2v) is 3.14. The molecule has 3 heteroatoms. The maximum Gasteiger partial charge on any atom is 0.342 e. The van der Waals surface area contributed by atoms with Gasteiger partial charge in [0.05, 0.1) is 6.26 Å². The van der Waals surface area contributed by atoms with E-state index in [2.05, 4.69) is 0 Å². The molecule has 64 valence electrons. The molecule has 0 radical (unpaired) electrons. The number of furan rings is 1. The van der Waals surface area contributed by atoms with E-state index in [1.165, 1.54) is 0 Å². The first-order chi connectivity index (χ1) is 5.68. The standard InChI is InChI=1S/C9H10O3/c1-5-4-11-7-3-6(2)12-9(10)8(5)7/h4,6H,3H2,1-2H3. The predicted molar refractivity (Wildman–Crippen MR) is 42.0 cm³/mol. The molecule has 12 heavy (non-hydrogen) atoms. The molecule has 3 nitrogen and oxygen atoms in total. The number of ether oxygens (including phenoxy) is 1. The van der Waals surface area contributed by atoms with Crippen LogP contribution in [0.5, 0.6) is 0 Å². The van der Waals surface area contributed by atoms with Crippen molar-refractivity contribution < 1.29 is 13.9 Å². The van der Waals surface area contributed by atoms with E-state index in [9.17, 15) is 4.79 Å². The first kappa shape index (κ1) is 7.40. The zero-order valence-corrected chi connectivity index (χ0v) is 7.09. The zero-order chi connectivity index (χ0) is 8.72. The van der Waals surface area contributed by atoms with Crippen LogP contribution >= 0.6 is 0 Å². The van der Waals surface area contributed by atoms with Crippen LogP contribution in [0.4, 0.5) is 0 Å². The summed E-state index contributed by atoms with van der Waals surface area (Å²) in [5.74, 6) is 0.506. The predicted octanol–water partition coefficient (Wildman–Crippen LogP) is 1.69. The lowest BCUT2D eigenvalue weighted by atomic mass is 10.1. The molecule has 1 aliphatic heterocycles. The number of fused-ring (bicyclic) bond motifs is 1. The van der Waals surface area contributed by atoms with Gasteiger partial charge in [0.15, 0.2) is 0 Å². The Morgan fingerprint density at radius 2 is 2.33 bits per heavy atom. The van der Waals surface area contributed by atoms with E-state index in [4.69, 9.17) is 9.15 Å². The molecule has 2 heterocycles. The van der Waals surface area contributed by atoms with Gasteiger partial charge < -0.3 is 9.15 Å². The Balaban J connectivity index is 2.50. The molecule has 0 N–H and O–H groups in total. The second-order valence-electron chi connectivity index (χ2n) is 3.14. The number of carbonyl (C=O) groups excluding carboxylic acids is 1. The van der Waals surface area contributed by atoms with Crippen molar-refractivity contribution in [2.24, 2.45) is 0 Å². The summed E-state index contributed by atoms with van der Waals surface area (Å²) in [5, 5.41) is 0. The van der Waals surface area contributed by atoms with E-state index in [0.717, 1.165) is 11.3 Å². The van der Waals surface area contributed by atoms with E-state index < -0.39 is 0 Å². The Kier molecular flexibility index (Phi) is 1.46. The SMILES string of the molecule is Cc1coc2c1C(=O)OC(C)C2. The summed E-state index contributed by atoms with van der Waals surface area (Å²) in [6.45, 7) is 3.71. The quantitative estimate of drug-likeness (QED) is 0.550. The Hall–Kier alpha value is -1.25. The molecule has 0 aromatic carbocycles. The zero-order valence-electron chi connectivity index (χ0n) is 7.09. The smallest absolute Gasteiger partial charge is 0.342 e. The van der Waals surface area contributed by atoms with E-state index >= 15 is 0 Å². The Bertz CT molecular complexity index is 325. The number of carbonyl (C=O) groups is 1. The minimum Gasteiger partial charge on any atom is -0.468 e. The highest BCUT2D eigenvalue weighted by atomic mass is 16.5. The fourth-order valence-corrected chi connectivity index (χ4v) is 1.47. The van der Waals surface area contributed by atoms with Crippen LogP contribution in [0.25, 0.3) is 0 Å². The Labute approximate surface area is 70.3 Å². The third-order valence-electron chi connectivity index (χ3n) is 2.04. The van der Waals surface area contributed by atoms with Crippen molar-refractivity contribution in [2.45, 2.75) is 26.4 Å². The molecule has 0 saturated carbocycles. The van der Waals surface area contributed by atoms with Gasteiger partial charge >= 0.3 is 5.97 Å². The van der Waals surface area contributed by atoms with Crippen molar-refractivity contribution in [1.82, 2.24) is 0 Å². The minimum absolute atomic E-state index is 0.0597. The molecular weight excluding hydrogens is 156 g/mol. The molecule has 0 saturated heterocycles. The van der Waals surface area contributed by atoms with Crippen molar-refractivity contribution in [3.8, 4) is 0 Å². The van der Waals surface area contributed by atoms with E-state index in [1.807, 2.05) is 13.8 Å². The van der Waals surface area contributed by atoms with Gasteiger partial charge in [-0.3, -0.25) is 0 Å². The first-order valence-corrected chi connectivity index (χ1v) is 3.96. The van der Waals surface area contributed by atoms with Crippen LogP contribution in [0.15, 0.2) is 10.7 Å². The maximum atomic E-state index is 11.3. The lowest BCUT2D eigenvalue weighted by Gasteiger charge is -2.17. The van der Waals surface area contributed by atoms with E-state index in [-0.39, 0.29) is 12.1 Å². The first-order valence-electron chi connectivity index (χ1n) is 3.96. The molecule has 1 aromatic heterocycles. The van der Waals surface area contributed by atoms with E-state index in [1.54, 1.807) is 6.26 Å². The van der Waals surface area contributed by atoms with Gasteiger partial charge in [0, 0.05) is 12.0 Å². The maximum absolute atomic E-state index is 11.3. The number of esters is 1. The molecule has 0 spiro atoms. The van der Waals surface area contributed by atoms with Crippen LogP contribution < -0.4 is 0 Å². The van der Waals surface area contributed by atoms with Gasteiger partial charge in [0.25, 0.3) is 0 Å². The molecule has 1 aromatic rings. The van der Waals surface area contributed by atoms with E-state index in [0.29, 0.717) is 12.0 Å². The number of hydrogen-bond acceptors (Lipinski definition) is 3. The summed E-state index contributed by atoms with van der Waals surface area (Å²) in [6.07, 6.45) is 2.23. The van der Waals surface area contributed by atoms with Gasteiger partial charge in [-0.2, -0.15) is 0 Å². The Morgan fingerprint density at radius 3 is 3.08 bits per heavy atom. The summed E-state index contributed by atoms with van der Waals surface area (Å²) < 4.78 is 10.3. The number of aryl methyl sites for hydroxylation is 1. The number of rotatable bonds is 0. The lowest BCUT2D eigenvalue weighted by molar-refractivity contribution is 0.0282. The summed E-state index contributed by atoms with van der Waals surface area (Å²) in [7, 11) is 0. The van der Waals surface area contributed by atoms with Crippen LogP contribution in [0, 0.1) is 6.92 Å². The molecule has 1 unspecified atom stereocenters. The molecule has 1 aliphatic rings. The van der Waals surface area contributed by atoms with Gasteiger partial charge in [0.1, 0.15) is 17.4 Å². The van der Waals surface area contributed by atoms with Crippen LogP contribution in [-0.4, -0.2) is 12.1 Å². The Morgan fingerprint density at radius 1 is 1.58 bits per heavy atom. The summed E-state index contributed by atoms with van der Waals surface area (Å²) in [6, 6.07) is 0. The number of cyclic esters (lactones) is 1. The topological polar surface area (TPSA) is 39.4 Å². The van der Waals surface area contributed by atoms with Crippen LogP contribution in [0.3, 0.4) is 0 Å². The average Bonchev–Trinajstić information content (AvgIpc) is 2.31. The van der Waals surface area contributed by atoms with Crippen molar-refractivity contribution in [3.05, 3.63) is 23.2 Å². The highest BCUT2D eigenvalue weighted by Gasteiger charge is 2.28. The van der Waals surface area contributed by atoms with Crippen LogP contribution in [-0.2, 0) is 11.2 Å². The highest BCUT2D eigenvalue weighted by molar-refractivity contribution is 5.93. The summed E-state index contributed by atoms with van der Waals surface area (Å²) >= 11 is 0. The average molecular weight is 166 g/mol. The van der Waals surface area contributed by atoms with Gasteiger partial charge in [0.2, 0.25) is 0 Å². The summed E-state index contributed by atoms with van der Waals surface area (Å²) in [4.78, 5) is 11.3. The monoisotopic (exact) mass is 166 g/mol. The minimum atomic E-state index is -0.255. The molecule has 1 atom stereocenters. The van der Waals surface area contributed by atoms with Crippen molar-refractivity contribution in [3.63, 3.8) is 0 Å². The van der Waals surface area contributed by atoms with Gasteiger partial charge in [-0.05, 0) is 13.8 Å². The molecule has 0 amide bonds. The van der Waals surface area contributed by atoms with Crippen LogP contribution in [0.2, 0.25) is 0 Å². The van der Waals surface area contributed by atoms with Crippen molar-refractivity contribution >= 4 is 5.97 Å². The van der Waals surface area contributed by atoms with Gasteiger partial charge in [-0.15, -0.1) is 0 Å². The normalized spacial score (nSPS) is 21.8. The van der Waals surface area contributed by atoms with Crippen molar-refractivity contribution in [2.75, 3.05) is 0 Å².